The van der Waals surface area contributed by atoms with Crippen LogP contribution in [0.4, 0.5) is 0 Å². The second-order valence-electron chi connectivity index (χ2n) is 3.17. The SMILES string of the molecule is O=C(c1ccc(Cl)c(I)c1)c1ccccn1. The maximum Gasteiger partial charge on any atom is 0.211 e. The Bertz CT molecular complexity index is 528. The molecule has 0 spiro atoms. The van der Waals surface area contributed by atoms with Crippen LogP contribution in [-0.2, 0) is 0 Å². The molecule has 2 aromatic rings. The Morgan fingerprint density at radius 3 is 2.69 bits per heavy atom. The van der Waals surface area contributed by atoms with E-state index in [1.807, 2.05) is 0 Å². The second-order valence-corrected chi connectivity index (χ2v) is 4.74. The van der Waals surface area contributed by atoms with Crippen LogP contribution >= 0.6 is 34.2 Å². The van der Waals surface area contributed by atoms with Crippen LogP contribution < -0.4 is 0 Å². The summed E-state index contributed by atoms with van der Waals surface area (Å²) in [5.74, 6) is -0.0878. The Balaban J connectivity index is 2.39. The minimum absolute atomic E-state index is 0.0878. The molecule has 0 aliphatic carbocycles. The number of halogens is 2. The van der Waals surface area contributed by atoms with Gasteiger partial charge in [-0.05, 0) is 52.9 Å². The van der Waals surface area contributed by atoms with Crippen molar-refractivity contribution in [3.63, 3.8) is 0 Å². The molecule has 0 fully saturated rings. The second kappa shape index (κ2) is 4.93. The molecule has 0 unspecified atom stereocenters. The molecule has 0 saturated heterocycles. The third-order valence-electron chi connectivity index (χ3n) is 2.08. The van der Waals surface area contributed by atoms with Crippen molar-refractivity contribution in [2.24, 2.45) is 0 Å². The van der Waals surface area contributed by atoms with Crippen LogP contribution in [0, 0.1) is 3.57 Å². The zero-order valence-corrected chi connectivity index (χ0v) is 11.1. The van der Waals surface area contributed by atoms with Gasteiger partial charge in [-0.15, -0.1) is 0 Å². The van der Waals surface area contributed by atoms with Crippen LogP contribution in [0.1, 0.15) is 16.1 Å². The van der Waals surface area contributed by atoms with Gasteiger partial charge in [0.25, 0.3) is 0 Å². The zero-order chi connectivity index (χ0) is 11.5. The monoisotopic (exact) mass is 343 g/mol. The van der Waals surface area contributed by atoms with E-state index in [2.05, 4.69) is 27.6 Å². The number of hydrogen-bond donors (Lipinski definition) is 0. The van der Waals surface area contributed by atoms with Gasteiger partial charge in [0, 0.05) is 15.3 Å². The first-order valence-electron chi connectivity index (χ1n) is 4.59. The van der Waals surface area contributed by atoms with Gasteiger partial charge >= 0.3 is 0 Å². The predicted molar refractivity (Wildman–Crippen MR) is 71.8 cm³/mol. The first kappa shape index (κ1) is 11.5. The molecule has 1 aromatic heterocycles. The molecular weight excluding hydrogens is 336 g/mol. The molecule has 0 saturated carbocycles. The van der Waals surface area contributed by atoms with E-state index in [0.29, 0.717) is 16.3 Å². The smallest absolute Gasteiger partial charge is 0.211 e. The molecule has 80 valence electrons. The molecule has 1 aromatic carbocycles. The highest BCUT2D eigenvalue weighted by Crippen LogP contribution is 2.20. The molecule has 0 aliphatic heterocycles. The normalized spacial score (nSPS) is 10.1. The Hall–Kier alpha value is -0.940. The van der Waals surface area contributed by atoms with Gasteiger partial charge in [0.15, 0.2) is 0 Å². The number of carbonyl (C=O) groups is 1. The Morgan fingerprint density at radius 1 is 1.25 bits per heavy atom. The maximum atomic E-state index is 12.0. The molecule has 0 N–H and O–H groups in total. The molecule has 0 amide bonds. The van der Waals surface area contributed by atoms with Crippen molar-refractivity contribution in [2.45, 2.75) is 0 Å². The van der Waals surface area contributed by atoms with Gasteiger partial charge in [0.2, 0.25) is 5.78 Å². The van der Waals surface area contributed by atoms with Crippen LogP contribution in [0.15, 0.2) is 42.6 Å². The van der Waals surface area contributed by atoms with Gasteiger partial charge in [0.05, 0.1) is 5.02 Å². The van der Waals surface area contributed by atoms with E-state index >= 15 is 0 Å². The number of hydrogen-bond acceptors (Lipinski definition) is 2. The van der Waals surface area contributed by atoms with E-state index in [9.17, 15) is 4.79 Å². The summed E-state index contributed by atoms with van der Waals surface area (Å²) in [6, 6.07) is 10.5. The average molecular weight is 344 g/mol. The third-order valence-corrected chi connectivity index (χ3v) is 3.62. The Labute approximate surface area is 112 Å². The number of pyridine rings is 1. The zero-order valence-electron chi connectivity index (χ0n) is 8.15. The van der Waals surface area contributed by atoms with Crippen molar-refractivity contribution in [1.82, 2.24) is 4.98 Å². The number of nitrogens with zero attached hydrogens (tertiary/aromatic N) is 1. The highest BCUT2D eigenvalue weighted by molar-refractivity contribution is 14.1. The van der Waals surface area contributed by atoms with Gasteiger partial charge in [-0.2, -0.15) is 0 Å². The van der Waals surface area contributed by atoms with Crippen LogP contribution in [0.25, 0.3) is 0 Å². The standard InChI is InChI=1S/C12H7ClINO/c13-9-5-4-8(7-10(9)14)12(16)11-3-1-2-6-15-11/h1-7H. The fourth-order valence-corrected chi connectivity index (χ4v) is 1.92. The molecule has 1 heterocycles. The Morgan fingerprint density at radius 2 is 2.06 bits per heavy atom. The summed E-state index contributed by atoms with van der Waals surface area (Å²) < 4.78 is 0.862. The fraction of sp³-hybridized carbons (Fsp3) is 0. The lowest BCUT2D eigenvalue weighted by Crippen LogP contribution is -2.03. The molecular formula is C12H7ClINO. The molecule has 16 heavy (non-hydrogen) atoms. The highest BCUT2D eigenvalue weighted by atomic mass is 127. The van der Waals surface area contributed by atoms with Crippen molar-refractivity contribution in [2.75, 3.05) is 0 Å². The lowest BCUT2D eigenvalue weighted by molar-refractivity contribution is 0.103. The lowest BCUT2D eigenvalue weighted by Gasteiger charge is -2.02. The molecule has 2 nitrogen and oxygen atoms in total. The molecule has 0 bridgehead atoms. The quantitative estimate of drug-likeness (QED) is 0.616. The maximum absolute atomic E-state index is 12.0. The van der Waals surface area contributed by atoms with Crippen LogP contribution in [0.5, 0.6) is 0 Å². The summed E-state index contributed by atoms with van der Waals surface area (Å²) in [7, 11) is 0. The van der Waals surface area contributed by atoms with Crippen molar-refractivity contribution < 1.29 is 4.79 Å². The van der Waals surface area contributed by atoms with E-state index in [4.69, 9.17) is 11.6 Å². The molecule has 0 atom stereocenters. The summed E-state index contributed by atoms with van der Waals surface area (Å²) in [5.41, 5.74) is 1.05. The molecule has 0 aliphatic rings. The van der Waals surface area contributed by atoms with Gasteiger partial charge < -0.3 is 0 Å². The van der Waals surface area contributed by atoms with Crippen LogP contribution in [0.2, 0.25) is 5.02 Å². The van der Waals surface area contributed by atoms with Crippen LogP contribution in [0.3, 0.4) is 0 Å². The van der Waals surface area contributed by atoms with Gasteiger partial charge in [-0.3, -0.25) is 9.78 Å². The fourth-order valence-electron chi connectivity index (χ4n) is 1.28. The lowest BCUT2D eigenvalue weighted by atomic mass is 10.1. The van der Waals surface area contributed by atoms with E-state index in [-0.39, 0.29) is 5.78 Å². The van der Waals surface area contributed by atoms with Crippen molar-refractivity contribution in [1.29, 1.82) is 0 Å². The first-order chi connectivity index (χ1) is 7.68. The predicted octanol–water partition coefficient (Wildman–Crippen LogP) is 3.57. The Kier molecular flexibility index (Phi) is 3.56. The van der Waals surface area contributed by atoms with Crippen LogP contribution in [-0.4, -0.2) is 10.8 Å². The summed E-state index contributed by atoms with van der Waals surface area (Å²) in [5, 5.41) is 0.651. The number of ketones is 1. The van der Waals surface area contributed by atoms with Gasteiger partial charge in [-0.25, -0.2) is 0 Å². The topological polar surface area (TPSA) is 30.0 Å². The minimum atomic E-state index is -0.0878. The highest BCUT2D eigenvalue weighted by Gasteiger charge is 2.10. The largest absolute Gasteiger partial charge is 0.287 e. The summed E-state index contributed by atoms with van der Waals surface area (Å²) in [4.78, 5) is 16.0. The van der Waals surface area contributed by atoms with Crippen molar-refractivity contribution in [3.8, 4) is 0 Å². The van der Waals surface area contributed by atoms with E-state index in [0.717, 1.165) is 3.57 Å². The summed E-state index contributed by atoms with van der Waals surface area (Å²) >= 11 is 8.00. The number of benzene rings is 1. The van der Waals surface area contributed by atoms with E-state index in [1.165, 1.54) is 0 Å². The molecule has 4 heteroatoms. The molecule has 2 rings (SSSR count). The van der Waals surface area contributed by atoms with Crippen molar-refractivity contribution in [3.05, 3.63) is 62.4 Å². The first-order valence-corrected chi connectivity index (χ1v) is 6.05. The van der Waals surface area contributed by atoms with Gasteiger partial charge in [-0.1, -0.05) is 17.7 Å². The number of rotatable bonds is 2. The summed E-state index contributed by atoms with van der Waals surface area (Å²) in [6.07, 6.45) is 1.61. The summed E-state index contributed by atoms with van der Waals surface area (Å²) in [6.45, 7) is 0. The minimum Gasteiger partial charge on any atom is -0.287 e. The van der Waals surface area contributed by atoms with Gasteiger partial charge in [0.1, 0.15) is 5.69 Å². The van der Waals surface area contributed by atoms with E-state index < -0.39 is 0 Å². The third kappa shape index (κ3) is 2.41. The number of aromatic nitrogens is 1. The van der Waals surface area contributed by atoms with E-state index in [1.54, 1.807) is 42.6 Å². The molecule has 0 radical (unpaired) electrons. The average Bonchev–Trinajstić information content (AvgIpc) is 2.33. The number of carbonyl (C=O) groups excluding carboxylic acids is 1. The van der Waals surface area contributed by atoms with Crippen molar-refractivity contribution >= 4 is 40.0 Å².